The summed E-state index contributed by atoms with van der Waals surface area (Å²) in [6.07, 6.45) is 2.79. The molecule has 186 valence electrons. The maximum Gasteiger partial charge on any atom is 0.315 e. The highest BCUT2D eigenvalue weighted by Gasteiger charge is 2.59. The van der Waals surface area contributed by atoms with Gasteiger partial charge in [-0.1, -0.05) is 21.4 Å². The molecule has 2 aliphatic heterocycles. The van der Waals surface area contributed by atoms with Crippen LogP contribution in [0.5, 0.6) is 0 Å². The van der Waals surface area contributed by atoms with Gasteiger partial charge in [-0.3, -0.25) is 14.5 Å². The number of hydrogen-bond donors (Lipinski definition) is 3. The number of oxime groups is 1. The lowest BCUT2D eigenvalue weighted by atomic mass is 10.0. The third-order valence-corrected chi connectivity index (χ3v) is 7.67. The number of halogens is 1. The van der Waals surface area contributed by atoms with E-state index in [1.54, 1.807) is 0 Å². The number of fused-ring (bicyclic) bond motifs is 2. The van der Waals surface area contributed by atoms with Gasteiger partial charge in [0.15, 0.2) is 15.7 Å². The number of nitrogen functional groups attached to an aromatic ring is 2. The number of amides is 2. The van der Waals surface area contributed by atoms with Crippen LogP contribution in [0.3, 0.4) is 0 Å². The minimum Gasteiger partial charge on any atom is -0.543 e. The van der Waals surface area contributed by atoms with Gasteiger partial charge in [0.1, 0.15) is 19.0 Å². The molecular weight excluding hydrogens is 517 g/mol. The summed E-state index contributed by atoms with van der Waals surface area (Å²) in [5.74, 6) is -4.83. The van der Waals surface area contributed by atoms with E-state index < -0.39 is 39.7 Å². The van der Waals surface area contributed by atoms with Crippen LogP contribution in [-0.2, 0) is 24.1 Å². The number of β-lactam (4-membered cyclic amide) rings is 1. The van der Waals surface area contributed by atoms with E-state index in [1.807, 2.05) is 0 Å². The van der Waals surface area contributed by atoms with Crippen molar-refractivity contribution in [2.24, 2.45) is 5.16 Å². The second-order valence-corrected chi connectivity index (χ2v) is 9.79. The Bertz CT molecular complexity index is 1500. The second-order valence-electron chi connectivity index (χ2n) is 7.51. The molecule has 0 radical (unpaired) electrons. The zero-order valence-electron chi connectivity index (χ0n) is 18.2. The lowest BCUT2D eigenvalue weighted by Crippen LogP contribution is -2.66. The average Bonchev–Trinajstić information content (AvgIpc) is 3.49. The van der Waals surface area contributed by atoms with E-state index >= 15 is 0 Å². The Morgan fingerprint density at radius 3 is 2.83 bits per heavy atom. The molecule has 2 aliphatic rings. The monoisotopic (exact) mass is 533 g/mol. The number of carbonyl (C=O) groups excluding carboxylic acids is 3. The first-order valence-corrected chi connectivity index (χ1v) is 11.8. The Kier molecular flexibility index (Phi) is 5.51. The third kappa shape index (κ3) is 3.42. The lowest BCUT2D eigenvalue weighted by Gasteiger charge is -2.51. The van der Waals surface area contributed by atoms with Gasteiger partial charge >= 0.3 is 17.5 Å². The van der Waals surface area contributed by atoms with E-state index in [9.17, 15) is 23.9 Å². The van der Waals surface area contributed by atoms with Crippen molar-refractivity contribution in [2.45, 2.75) is 16.7 Å². The van der Waals surface area contributed by atoms with Gasteiger partial charge in [0.25, 0.3) is 0 Å². The minimum atomic E-state index is -1.88. The summed E-state index contributed by atoms with van der Waals surface area (Å²) in [4.78, 5) is 45.8. The summed E-state index contributed by atoms with van der Waals surface area (Å²) in [7, 11) is 1.05. The predicted molar refractivity (Wildman–Crippen MR) is 123 cm³/mol. The summed E-state index contributed by atoms with van der Waals surface area (Å²) < 4.78 is 17.1. The fourth-order valence-electron chi connectivity index (χ4n) is 4.05. The molecule has 5 rings (SSSR count). The van der Waals surface area contributed by atoms with Crippen LogP contribution in [0.2, 0.25) is 0 Å². The molecule has 17 heteroatoms. The third-order valence-electron chi connectivity index (χ3n) is 5.49. The van der Waals surface area contributed by atoms with Crippen molar-refractivity contribution in [3.63, 3.8) is 0 Å². The number of carboxylic acids is 1. The van der Waals surface area contributed by atoms with Gasteiger partial charge in [-0.2, -0.15) is 8.96 Å². The molecule has 1 unspecified atom stereocenters. The van der Waals surface area contributed by atoms with Gasteiger partial charge in [-0.15, -0.1) is 11.3 Å². The molecule has 2 atom stereocenters. The minimum absolute atomic E-state index is 0.0465. The van der Waals surface area contributed by atoms with E-state index in [-0.39, 0.29) is 34.4 Å². The van der Waals surface area contributed by atoms with Crippen LogP contribution in [0.1, 0.15) is 12.1 Å². The van der Waals surface area contributed by atoms with Gasteiger partial charge in [0, 0.05) is 11.4 Å². The molecule has 36 heavy (non-hydrogen) atoms. The molecule has 3 aromatic rings. The Hall–Kier alpha value is -4.25. The normalized spacial score (nSPS) is 21.8. The summed E-state index contributed by atoms with van der Waals surface area (Å²) in [5.41, 5.74) is 11.5. The smallest absolute Gasteiger partial charge is 0.315 e. The highest BCUT2D eigenvalue weighted by Crippen LogP contribution is 2.54. The van der Waals surface area contributed by atoms with E-state index in [0.29, 0.717) is 0 Å². The molecule has 0 saturated carbocycles. The molecule has 1 saturated heterocycles. The Morgan fingerprint density at radius 2 is 2.19 bits per heavy atom. The number of thiazole rings is 1. The maximum absolute atomic E-state index is 14.4. The quantitative estimate of drug-likeness (QED) is 0.143. The topological polar surface area (TPSA) is 197 Å². The van der Waals surface area contributed by atoms with E-state index in [4.69, 9.17) is 11.5 Å². The number of aromatic nitrogens is 4. The van der Waals surface area contributed by atoms with Gasteiger partial charge in [0.2, 0.25) is 11.7 Å². The van der Waals surface area contributed by atoms with Crippen LogP contribution in [0.25, 0.3) is 11.3 Å². The van der Waals surface area contributed by atoms with Crippen LogP contribution >= 0.6 is 23.1 Å². The number of nitrogens with zero attached hydrogens (tertiary/aromatic N) is 6. The first-order valence-electron chi connectivity index (χ1n) is 10.1. The number of anilines is 2. The summed E-state index contributed by atoms with van der Waals surface area (Å²) in [5, 5.41) is 23.1. The van der Waals surface area contributed by atoms with Crippen LogP contribution in [0.4, 0.5) is 15.3 Å². The number of hydrogen-bond acceptors (Lipinski definition) is 12. The molecule has 0 spiro atoms. The van der Waals surface area contributed by atoms with Gasteiger partial charge < -0.3 is 31.5 Å². The zero-order chi connectivity index (χ0) is 25.8. The van der Waals surface area contributed by atoms with Crippen LogP contribution in [0, 0.1) is 0 Å². The van der Waals surface area contributed by atoms with Crippen LogP contribution in [-0.4, -0.2) is 55.7 Å². The molecule has 0 aliphatic carbocycles. The molecule has 0 aromatic carbocycles. The lowest BCUT2D eigenvalue weighted by molar-refractivity contribution is -0.562. The van der Waals surface area contributed by atoms with E-state index in [0.717, 1.165) is 35.1 Å². The molecule has 0 bridgehead atoms. The Morgan fingerprint density at radius 1 is 1.42 bits per heavy atom. The maximum atomic E-state index is 14.4. The van der Waals surface area contributed by atoms with Crippen molar-refractivity contribution in [3.05, 3.63) is 41.3 Å². The number of thioether (sulfide) groups is 1. The fraction of sp³-hybridized carbons (Fsp3) is 0.211. The van der Waals surface area contributed by atoms with Crippen LogP contribution < -0.4 is 26.5 Å². The predicted octanol–water partition coefficient (Wildman–Crippen LogP) is -1.63. The van der Waals surface area contributed by atoms with Crippen molar-refractivity contribution in [1.29, 1.82) is 0 Å². The van der Waals surface area contributed by atoms with Crippen molar-refractivity contribution >= 4 is 69.1 Å². The van der Waals surface area contributed by atoms with Gasteiger partial charge in [-0.05, 0) is 5.16 Å². The van der Waals surface area contributed by atoms with Crippen molar-refractivity contribution in [2.75, 3.05) is 18.6 Å². The first kappa shape index (κ1) is 23.5. The number of nitrogens with one attached hydrogen (secondary N) is 1. The standard InChI is InChI=1S/C19H16FN9O5S2/c1-34-26-15(20)16(31)25-19(8-7-35-18(22)24-8)14(13(17(32)33)28-11(30)6-12(28)36-19)27-5-3-9(21)29-10(27)2-4-23-29/h2-5,7,12,21H,6H2,1H3,(H4,22,24,25,31,32,33)/t12-,19?/m0/s1. The summed E-state index contributed by atoms with van der Waals surface area (Å²) >= 11 is 1.99. The van der Waals surface area contributed by atoms with Crippen LogP contribution in [0.15, 0.2) is 40.8 Å². The molecular formula is C19H16FN9O5S2. The first-order chi connectivity index (χ1) is 17.2. The second kappa shape index (κ2) is 8.45. The Balaban J connectivity index is 1.88. The van der Waals surface area contributed by atoms with E-state index in [2.05, 4.69) is 25.4 Å². The fourth-order valence-corrected chi connectivity index (χ4v) is 6.38. The number of aliphatic carboxylic acids is 1. The van der Waals surface area contributed by atoms with Crippen molar-refractivity contribution < 1.29 is 33.3 Å². The zero-order valence-corrected chi connectivity index (χ0v) is 19.9. The number of nitrogens with two attached hydrogens (primary N) is 2. The van der Waals surface area contributed by atoms with E-state index in [1.165, 1.54) is 39.0 Å². The molecule has 2 amide bonds. The molecule has 3 aromatic heterocycles. The highest BCUT2D eigenvalue weighted by atomic mass is 32.2. The number of carboxylic acid groups (broad SMARTS) is 1. The summed E-state index contributed by atoms with van der Waals surface area (Å²) in [6, 6.07) is 2.96. The highest BCUT2D eigenvalue weighted by molar-refractivity contribution is 8.01. The SMILES string of the molecule is CON=C(F)C(=O)NC1(c2csc(N)n2)S[C@H]2CC(=O)N2C(C(=O)[O-])=C1[n+]1ccc(N)n2nccc21. The van der Waals surface area contributed by atoms with Gasteiger partial charge in [-0.25, -0.2) is 4.98 Å². The van der Waals surface area contributed by atoms with Gasteiger partial charge in [0.05, 0.1) is 35.7 Å². The molecule has 5 heterocycles. The Labute approximate surface area is 209 Å². The molecule has 14 nitrogen and oxygen atoms in total. The number of carbonyl (C=O) groups is 3. The largest absolute Gasteiger partial charge is 0.543 e. The number of rotatable bonds is 6. The molecule has 5 N–H and O–H groups in total. The summed E-state index contributed by atoms with van der Waals surface area (Å²) in [6.45, 7) is 0. The molecule has 1 fully saturated rings. The van der Waals surface area contributed by atoms with Crippen molar-refractivity contribution in [1.82, 2.24) is 24.8 Å². The van der Waals surface area contributed by atoms with Crippen molar-refractivity contribution in [3.8, 4) is 0 Å². The average molecular weight is 534 g/mol.